The van der Waals surface area contributed by atoms with Crippen molar-refractivity contribution in [1.82, 2.24) is 19.6 Å². The maximum Gasteiger partial charge on any atom is 0.276 e. The smallest absolute Gasteiger partial charge is 0.276 e. The van der Waals surface area contributed by atoms with Gasteiger partial charge in [0.1, 0.15) is 11.6 Å². The van der Waals surface area contributed by atoms with E-state index in [-0.39, 0.29) is 30.7 Å². The van der Waals surface area contributed by atoms with Gasteiger partial charge in [-0.25, -0.2) is 9.07 Å². The Hall–Kier alpha value is -4.72. The minimum absolute atomic E-state index is 0.165. The van der Waals surface area contributed by atoms with Crippen molar-refractivity contribution in [3.05, 3.63) is 121 Å². The summed E-state index contributed by atoms with van der Waals surface area (Å²) in [6, 6.07) is 26.0. The lowest BCUT2D eigenvalue weighted by molar-refractivity contribution is 0.102. The van der Waals surface area contributed by atoms with Gasteiger partial charge in [-0.2, -0.15) is 10.2 Å². The van der Waals surface area contributed by atoms with Crippen LogP contribution in [0.2, 0.25) is 0 Å². The molecule has 0 atom stereocenters. The second-order valence-electron chi connectivity index (χ2n) is 7.88. The third-order valence-corrected chi connectivity index (χ3v) is 5.38. The molecule has 0 saturated heterocycles. The molecule has 8 heteroatoms. The molecule has 0 fully saturated rings. The van der Waals surface area contributed by atoms with Crippen LogP contribution in [0.1, 0.15) is 16.1 Å². The summed E-state index contributed by atoms with van der Waals surface area (Å²) in [4.78, 5) is 12.6. The fourth-order valence-electron chi connectivity index (χ4n) is 3.58. The molecule has 2 aromatic heterocycles. The Labute approximate surface area is 201 Å². The van der Waals surface area contributed by atoms with E-state index in [0.29, 0.717) is 17.0 Å². The van der Waals surface area contributed by atoms with Gasteiger partial charge in [0, 0.05) is 18.0 Å². The molecule has 1 amide bonds. The van der Waals surface area contributed by atoms with Crippen LogP contribution in [0.15, 0.2) is 104 Å². The summed E-state index contributed by atoms with van der Waals surface area (Å²) in [6.07, 6.45) is 4.83. The topological polar surface area (TPSA) is 74.0 Å². The molecule has 35 heavy (non-hydrogen) atoms. The van der Waals surface area contributed by atoms with Crippen LogP contribution in [0.3, 0.4) is 0 Å². The van der Waals surface area contributed by atoms with Crippen LogP contribution < -0.4 is 10.1 Å². The number of halogens is 1. The van der Waals surface area contributed by atoms with Gasteiger partial charge in [0.05, 0.1) is 18.4 Å². The molecule has 5 aromatic rings. The first-order chi connectivity index (χ1) is 17.1. The Morgan fingerprint density at radius 3 is 2.43 bits per heavy atom. The largest absolute Gasteiger partial charge is 0.471 e. The van der Waals surface area contributed by atoms with Crippen LogP contribution in [0, 0.1) is 5.82 Å². The molecule has 0 aliphatic carbocycles. The van der Waals surface area contributed by atoms with Gasteiger partial charge < -0.3 is 10.1 Å². The maximum absolute atomic E-state index is 13.8. The highest BCUT2D eigenvalue weighted by Gasteiger charge is 2.12. The number of carbonyl (C=O) groups is 1. The molecular formula is C27H22FN5O2. The number of nitrogens with zero attached hydrogens (tertiary/aromatic N) is 4. The fraction of sp³-hybridized carbons (Fsp3) is 0.0741. The van der Waals surface area contributed by atoms with E-state index >= 15 is 0 Å². The molecule has 0 bridgehead atoms. The summed E-state index contributed by atoms with van der Waals surface area (Å²) in [5.74, 6) is 0.0309. The summed E-state index contributed by atoms with van der Waals surface area (Å²) >= 11 is 0. The predicted octanol–water partition coefficient (Wildman–Crippen LogP) is 5.22. The van der Waals surface area contributed by atoms with E-state index in [2.05, 4.69) is 27.6 Å². The van der Waals surface area contributed by atoms with Crippen LogP contribution in [0.4, 0.5) is 10.1 Å². The molecular weight excluding hydrogens is 445 g/mol. The number of rotatable bonds is 8. The van der Waals surface area contributed by atoms with Crippen LogP contribution in [-0.2, 0) is 13.3 Å². The number of carbonyl (C=O) groups excluding carboxylic acids is 1. The average Bonchev–Trinajstić information content (AvgIpc) is 3.55. The van der Waals surface area contributed by atoms with E-state index < -0.39 is 0 Å². The maximum atomic E-state index is 13.8. The van der Waals surface area contributed by atoms with E-state index in [9.17, 15) is 9.18 Å². The second-order valence-corrected chi connectivity index (χ2v) is 7.88. The third kappa shape index (κ3) is 5.44. The van der Waals surface area contributed by atoms with Gasteiger partial charge >= 0.3 is 0 Å². The highest BCUT2D eigenvalue weighted by molar-refractivity contribution is 6.02. The van der Waals surface area contributed by atoms with Crippen molar-refractivity contribution in [1.29, 1.82) is 0 Å². The van der Waals surface area contributed by atoms with Crippen LogP contribution in [-0.4, -0.2) is 25.5 Å². The molecule has 2 heterocycles. The minimum Gasteiger partial charge on any atom is -0.471 e. The normalized spacial score (nSPS) is 10.8. The van der Waals surface area contributed by atoms with E-state index in [1.54, 1.807) is 46.0 Å². The summed E-state index contributed by atoms with van der Waals surface area (Å²) in [5, 5.41) is 11.2. The number of aromatic nitrogens is 4. The van der Waals surface area contributed by atoms with Crippen molar-refractivity contribution in [2.24, 2.45) is 0 Å². The van der Waals surface area contributed by atoms with Gasteiger partial charge in [0.15, 0.2) is 12.4 Å². The molecule has 0 aliphatic rings. The van der Waals surface area contributed by atoms with E-state index in [1.807, 2.05) is 42.5 Å². The highest BCUT2D eigenvalue weighted by atomic mass is 19.1. The van der Waals surface area contributed by atoms with Crippen molar-refractivity contribution < 1.29 is 13.9 Å². The Morgan fingerprint density at radius 1 is 0.886 bits per heavy atom. The number of anilines is 1. The molecule has 3 aromatic carbocycles. The Bertz CT molecular complexity index is 1430. The van der Waals surface area contributed by atoms with Crippen molar-refractivity contribution in [2.75, 3.05) is 5.32 Å². The zero-order valence-corrected chi connectivity index (χ0v) is 18.7. The van der Waals surface area contributed by atoms with Gasteiger partial charge in [0.25, 0.3) is 5.91 Å². The number of ether oxygens (including phenoxy) is 1. The average molecular weight is 468 g/mol. The quantitative estimate of drug-likeness (QED) is 0.339. The summed E-state index contributed by atoms with van der Waals surface area (Å²) in [7, 11) is 0. The number of benzene rings is 3. The third-order valence-electron chi connectivity index (χ3n) is 5.38. The number of hydrogen-bond acceptors (Lipinski definition) is 4. The molecule has 174 valence electrons. The Balaban J connectivity index is 1.15. The van der Waals surface area contributed by atoms with Crippen molar-refractivity contribution in [3.8, 4) is 16.9 Å². The number of amides is 1. The van der Waals surface area contributed by atoms with Crippen molar-refractivity contribution in [2.45, 2.75) is 13.3 Å². The van der Waals surface area contributed by atoms with Gasteiger partial charge in [-0.3, -0.25) is 9.48 Å². The number of hydrogen-bond donors (Lipinski definition) is 1. The molecule has 0 aliphatic heterocycles. The molecule has 0 saturated carbocycles. The highest BCUT2D eigenvalue weighted by Crippen LogP contribution is 2.22. The summed E-state index contributed by atoms with van der Waals surface area (Å²) < 4.78 is 22.7. The Kier molecular flexibility index (Phi) is 6.34. The van der Waals surface area contributed by atoms with Crippen molar-refractivity contribution >= 4 is 11.6 Å². The standard InChI is InChI=1S/C27H22FN5O2/c28-25-9-5-4-8-22(25)17-33-18-23(16-29-33)30-27(34)26-14-15-32(31-26)19-35-24-12-10-21(11-13-24)20-6-2-1-3-7-20/h1-16,18H,17,19H2,(H,30,34). The SMILES string of the molecule is O=C(Nc1cnn(Cc2ccccc2F)c1)c1ccn(COc2ccc(-c3ccccc3)cc2)n1. The van der Waals surface area contributed by atoms with E-state index in [1.165, 1.54) is 12.3 Å². The van der Waals surface area contributed by atoms with Crippen LogP contribution >= 0.6 is 0 Å². The number of nitrogens with one attached hydrogen (secondary N) is 1. The van der Waals surface area contributed by atoms with E-state index in [4.69, 9.17) is 4.74 Å². The van der Waals surface area contributed by atoms with E-state index in [0.717, 1.165) is 11.1 Å². The molecule has 5 rings (SSSR count). The Morgan fingerprint density at radius 2 is 1.63 bits per heavy atom. The second kappa shape index (κ2) is 10.0. The molecule has 0 unspecified atom stereocenters. The minimum atomic E-state index is -0.374. The van der Waals surface area contributed by atoms with Gasteiger partial charge in [-0.05, 0) is 35.4 Å². The summed E-state index contributed by atoms with van der Waals surface area (Å²) in [5.41, 5.74) is 3.50. The monoisotopic (exact) mass is 467 g/mol. The van der Waals surface area contributed by atoms with Crippen LogP contribution in [0.5, 0.6) is 5.75 Å². The van der Waals surface area contributed by atoms with Gasteiger partial charge in [-0.15, -0.1) is 0 Å². The molecule has 0 radical (unpaired) electrons. The van der Waals surface area contributed by atoms with Gasteiger partial charge in [0.2, 0.25) is 0 Å². The predicted molar refractivity (Wildman–Crippen MR) is 130 cm³/mol. The lowest BCUT2D eigenvalue weighted by atomic mass is 10.1. The van der Waals surface area contributed by atoms with Crippen molar-refractivity contribution in [3.63, 3.8) is 0 Å². The molecule has 7 nitrogen and oxygen atoms in total. The first-order valence-corrected chi connectivity index (χ1v) is 11.0. The van der Waals surface area contributed by atoms with Crippen LogP contribution in [0.25, 0.3) is 11.1 Å². The van der Waals surface area contributed by atoms with Gasteiger partial charge in [-0.1, -0.05) is 60.7 Å². The lowest BCUT2D eigenvalue weighted by Gasteiger charge is -2.07. The summed E-state index contributed by atoms with van der Waals surface area (Å²) in [6.45, 7) is 0.430. The lowest BCUT2D eigenvalue weighted by Crippen LogP contribution is -2.14. The zero-order chi connectivity index (χ0) is 24.0. The molecule has 1 N–H and O–H groups in total. The first-order valence-electron chi connectivity index (χ1n) is 11.0. The zero-order valence-electron chi connectivity index (χ0n) is 18.7. The first kappa shape index (κ1) is 22.1. The fourth-order valence-corrected chi connectivity index (χ4v) is 3.58. The molecule has 0 spiro atoms.